The topological polar surface area (TPSA) is 141 Å². The molecule has 0 rings (SSSR count). The van der Waals surface area contributed by atoms with Crippen LogP contribution in [-0.4, -0.2) is 54.5 Å². The molecule has 1 amide bonds. The second kappa shape index (κ2) is 7.51. The van der Waals surface area contributed by atoms with Gasteiger partial charge in [-0.2, -0.15) is 11.8 Å². The maximum absolute atomic E-state index is 11.3. The quantitative estimate of drug-likeness (QED) is 0.434. The standard InChI is InChI=1S/C8H16N2O5S2/c9-6(8(12)13)5-16-2-4-17(14,15)3-1-7(10)11/h6H,1-5,9H2,(H2,10,11)(H,12,13)/t6-/m0/s1. The molecule has 0 saturated carbocycles. The summed E-state index contributed by atoms with van der Waals surface area (Å²) in [5, 5.41) is 8.48. The Kier molecular flexibility index (Phi) is 7.16. The van der Waals surface area contributed by atoms with Crippen molar-refractivity contribution in [2.75, 3.05) is 23.0 Å². The van der Waals surface area contributed by atoms with E-state index in [9.17, 15) is 18.0 Å². The van der Waals surface area contributed by atoms with Crippen LogP contribution >= 0.6 is 11.8 Å². The molecule has 17 heavy (non-hydrogen) atoms. The maximum Gasteiger partial charge on any atom is 0.321 e. The van der Waals surface area contributed by atoms with Gasteiger partial charge in [-0.05, 0) is 0 Å². The first-order valence-electron chi connectivity index (χ1n) is 4.79. The second-order valence-electron chi connectivity index (χ2n) is 3.39. The van der Waals surface area contributed by atoms with Gasteiger partial charge in [-0.25, -0.2) is 8.42 Å². The van der Waals surface area contributed by atoms with Crippen molar-refractivity contribution in [1.29, 1.82) is 0 Å². The van der Waals surface area contributed by atoms with E-state index in [0.717, 1.165) is 11.8 Å². The predicted molar refractivity (Wildman–Crippen MR) is 65.4 cm³/mol. The molecule has 100 valence electrons. The summed E-state index contributed by atoms with van der Waals surface area (Å²) < 4.78 is 22.7. The van der Waals surface area contributed by atoms with Crippen molar-refractivity contribution in [1.82, 2.24) is 0 Å². The average molecular weight is 284 g/mol. The summed E-state index contributed by atoms with van der Waals surface area (Å²) in [5.41, 5.74) is 10.1. The molecule has 0 saturated heterocycles. The van der Waals surface area contributed by atoms with Crippen LogP contribution in [0.2, 0.25) is 0 Å². The zero-order chi connectivity index (χ0) is 13.5. The molecule has 0 aliphatic heterocycles. The minimum atomic E-state index is -3.30. The molecule has 0 aliphatic rings. The average Bonchev–Trinajstić information content (AvgIpc) is 2.21. The minimum absolute atomic E-state index is 0.114. The third-order valence-corrected chi connectivity index (χ3v) is 4.81. The zero-order valence-electron chi connectivity index (χ0n) is 9.16. The van der Waals surface area contributed by atoms with Gasteiger partial charge in [0.05, 0.1) is 11.5 Å². The number of carboxylic acid groups (broad SMARTS) is 1. The molecular weight excluding hydrogens is 268 g/mol. The van der Waals surface area contributed by atoms with Crippen LogP contribution < -0.4 is 11.5 Å². The number of primary amides is 1. The number of carbonyl (C=O) groups excluding carboxylic acids is 1. The molecule has 0 aromatic carbocycles. The summed E-state index contributed by atoms with van der Waals surface area (Å²) in [6.07, 6.45) is -0.193. The highest BCUT2D eigenvalue weighted by Crippen LogP contribution is 2.05. The molecule has 0 heterocycles. The number of rotatable bonds is 9. The van der Waals surface area contributed by atoms with Crippen LogP contribution in [0.5, 0.6) is 0 Å². The number of aliphatic carboxylic acids is 1. The number of amides is 1. The van der Waals surface area contributed by atoms with Gasteiger partial charge in [-0.15, -0.1) is 0 Å². The van der Waals surface area contributed by atoms with E-state index in [1.54, 1.807) is 0 Å². The zero-order valence-corrected chi connectivity index (χ0v) is 10.8. The maximum atomic E-state index is 11.3. The number of nitrogens with two attached hydrogens (primary N) is 2. The number of sulfone groups is 1. The third-order valence-electron chi connectivity index (χ3n) is 1.81. The Morgan fingerprint density at radius 1 is 1.29 bits per heavy atom. The molecule has 0 unspecified atom stereocenters. The lowest BCUT2D eigenvalue weighted by Gasteiger charge is -2.06. The first-order valence-corrected chi connectivity index (χ1v) is 7.77. The lowest BCUT2D eigenvalue weighted by atomic mass is 10.4. The van der Waals surface area contributed by atoms with Crippen LogP contribution in [0.15, 0.2) is 0 Å². The molecule has 0 aliphatic carbocycles. The largest absolute Gasteiger partial charge is 0.480 e. The summed E-state index contributed by atoms with van der Waals surface area (Å²) in [4.78, 5) is 20.8. The van der Waals surface area contributed by atoms with Crippen molar-refractivity contribution < 1.29 is 23.1 Å². The SMILES string of the molecule is NC(=O)CCS(=O)(=O)CCSC[C@H](N)C(=O)O. The molecule has 0 fully saturated rings. The van der Waals surface area contributed by atoms with Gasteiger partial charge in [-0.3, -0.25) is 9.59 Å². The summed E-state index contributed by atoms with van der Waals surface area (Å²) in [6, 6.07) is -0.992. The summed E-state index contributed by atoms with van der Waals surface area (Å²) in [5.74, 6) is -1.75. The molecule has 0 bridgehead atoms. The van der Waals surface area contributed by atoms with Gasteiger partial charge in [0.25, 0.3) is 0 Å². The van der Waals surface area contributed by atoms with Gasteiger partial charge in [0.1, 0.15) is 6.04 Å². The minimum Gasteiger partial charge on any atom is -0.480 e. The highest BCUT2D eigenvalue weighted by Gasteiger charge is 2.14. The van der Waals surface area contributed by atoms with E-state index in [1.807, 2.05) is 0 Å². The van der Waals surface area contributed by atoms with Crippen molar-refractivity contribution in [2.24, 2.45) is 11.5 Å². The van der Waals surface area contributed by atoms with Crippen LogP contribution in [0.1, 0.15) is 6.42 Å². The smallest absolute Gasteiger partial charge is 0.321 e. The fourth-order valence-corrected chi connectivity index (χ4v) is 3.59. The normalized spacial score (nSPS) is 13.2. The molecule has 0 aromatic rings. The fourth-order valence-electron chi connectivity index (χ4n) is 0.826. The summed E-state index contributed by atoms with van der Waals surface area (Å²) in [7, 11) is -3.30. The summed E-state index contributed by atoms with van der Waals surface area (Å²) >= 11 is 1.15. The van der Waals surface area contributed by atoms with Gasteiger partial charge >= 0.3 is 5.97 Å². The van der Waals surface area contributed by atoms with Gasteiger partial charge < -0.3 is 16.6 Å². The van der Waals surface area contributed by atoms with E-state index < -0.39 is 27.8 Å². The fraction of sp³-hybridized carbons (Fsp3) is 0.750. The van der Waals surface area contributed by atoms with E-state index >= 15 is 0 Å². The Hall–Kier alpha value is -0.800. The molecular formula is C8H16N2O5S2. The van der Waals surface area contributed by atoms with E-state index in [4.69, 9.17) is 16.6 Å². The van der Waals surface area contributed by atoms with Crippen molar-refractivity contribution in [3.05, 3.63) is 0 Å². The molecule has 1 atom stereocenters. The lowest BCUT2D eigenvalue weighted by Crippen LogP contribution is -2.32. The number of hydrogen-bond acceptors (Lipinski definition) is 6. The Morgan fingerprint density at radius 2 is 1.88 bits per heavy atom. The highest BCUT2D eigenvalue weighted by molar-refractivity contribution is 8.00. The predicted octanol–water partition coefficient (Wildman–Crippen LogP) is -1.58. The molecule has 7 nitrogen and oxygen atoms in total. The number of thioether (sulfide) groups is 1. The number of hydrogen-bond donors (Lipinski definition) is 3. The van der Waals surface area contributed by atoms with Crippen LogP contribution in [0.4, 0.5) is 0 Å². The van der Waals surface area contributed by atoms with Crippen LogP contribution in [0.3, 0.4) is 0 Å². The van der Waals surface area contributed by atoms with Gasteiger partial charge in [0.15, 0.2) is 9.84 Å². The molecule has 9 heteroatoms. The lowest BCUT2D eigenvalue weighted by molar-refractivity contribution is -0.137. The monoisotopic (exact) mass is 284 g/mol. The van der Waals surface area contributed by atoms with E-state index in [1.165, 1.54) is 0 Å². The Bertz CT molecular complexity index is 368. The molecule has 0 aromatic heterocycles. The number of carbonyl (C=O) groups is 2. The van der Waals surface area contributed by atoms with Crippen molar-refractivity contribution in [2.45, 2.75) is 12.5 Å². The first-order chi connectivity index (χ1) is 7.74. The first kappa shape index (κ1) is 16.2. The molecule has 0 radical (unpaired) electrons. The Balaban J connectivity index is 3.80. The summed E-state index contributed by atoms with van der Waals surface area (Å²) in [6.45, 7) is 0. The third kappa shape index (κ3) is 8.95. The van der Waals surface area contributed by atoms with E-state index in [-0.39, 0.29) is 29.4 Å². The Labute approximate surface area is 104 Å². The van der Waals surface area contributed by atoms with Gasteiger partial charge in [-0.1, -0.05) is 0 Å². The number of carboxylic acids is 1. The van der Waals surface area contributed by atoms with Crippen LogP contribution in [0.25, 0.3) is 0 Å². The van der Waals surface area contributed by atoms with E-state index in [0.29, 0.717) is 0 Å². The molecule has 0 spiro atoms. The second-order valence-corrected chi connectivity index (χ2v) is 6.84. The Morgan fingerprint density at radius 3 is 2.35 bits per heavy atom. The van der Waals surface area contributed by atoms with Gasteiger partial charge in [0, 0.05) is 17.9 Å². The van der Waals surface area contributed by atoms with Crippen molar-refractivity contribution >= 4 is 33.5 Å². The van der Waals surface area contributed by atoms with Gasteiger partial charge in [0.2, 0.25) is 5.91 Å². The van der Waals surface area contributed by atoms with E-state index in [2.05, 4.69) is 0 Å². The van der Waals surface area contributed by atoms with Crippen molar-refractivity contribution in [3.8, 4) is 0 Å². The van der Waals surface area contributed by atoms with Crippen LogP contribution in [-0.2, 0) is 19.4 Å². The van der Waals surface area contributed by atoms with Crippen LogP contribution in [0, 0.1) is 0 Å². The highest BCUT2D eigenvalue weighted by atomic mass is 32.2. The van der Waals surface area contributed by atoms with Crippen molar-refractivity contribution in [3.63, 3.8) is 0 Å². The molecule has 5 N–H and O–H groups in total.